The highest BCUT2D eigenvalue weighted by atomic mass is 16.5. The molecule has 4 aromatic rings. The Hall–Kier alpha value is -4.15. The number of benzene rings is 1. The molecule has 0 spiro atoms. The van der Waals surface area contributed by atoms with E-state index in [0.29, 0.717) is 35.1 Å². The average molecular weight is 514 g/mol. The number of nitrogens with zero attached hydrogens (tertiary/aromatic N) is 5. The van der Waals surface area contributed by atoms with Gasteiger partial charge in [0.15, 0.2) is 17.3 Å². The second kappa shape index (κ2) is 11.1. The third kappa shape index (κ3) is 5.56. The summed E-state index contributed by atoms with van der Waals surface area (Å²) in [6.45, 7) is 8.32. The fraction of sp³-hybridized carbons (Fsp3) is 0.321. The summed E-state index contributed by atoms with van der Waals surface area (Å²) in [4.78, 5) is 28.9. The van der Waals surface area contributed by atoms with Crippen LogP contribution >= 0.6 is 0 Å². The highest BCUT2D eigenvalue weighted by molar-refractivity contribution is 5.87. The lowest BCUT2D eigenvalue weighted by atomic mass is 9.86. The molecule has 0 atom stereocenters. The van der Waals surface area contributed by atoms with E-state index in [2.05, 4.69) is 25.3 Å². The van der Waals surface area contributed by atoms with E-state index in [1.807, 2.05) is 56.3 Å². The van der Waals surface area contributed by atoms with Crippen LogP contribution in [0.5, 0.6) is 0 Å². The van der Waals surface area contributed by atoms with Gasteiger partial charge in [-0.3, -0.25) is 14.7 Å². The minimum atomic E-state index is -0.847. The molecular formula is C28H31N7O3. The highest BCUT2D eigenvalue weighted by Crippen LogP contribution is 2.31. The number of hydrogen-bond acceptors (Lipinski definition) is 9. The van der Waals surface area contributed by atoms with Crippen molar-refractivity contribution in [3.63, 3.8) is 0 Å². The first-order chi connectivity index (χ1) is 18.4. The molecular weight excluding hydrogens is 482 g/mol. The summed E-state index contributed by atoms with van der Waals surface area (Å²) >= 11 is 0. The summed E-state index contributed by atoms with van der Waals surface area (Å²) in [5.41, 5.74) is 9.28. The smallest absolute Gasteiger partial charge is 0.231 e. The average Bonchev–Trinajstić information content (AvgIpc) is 3.44. The van der Waals surface area contributed by atoms with Crippen LogP contribution in [0.2, 0.25) is 0 Å². The molecule has 196 valence electrons. The Morgan fingerprint density at radius 2 is 1.84 bits per heavy atom. The van der Waals surface area contributed by atoms with Gasteiger partial charge in [0, 0.05) is 49.6 Å². The first kappa shape index (κ1) is 25.5. The first-order valence-corrected chi connectivity index (χ1v) is 12.6. The zero-order valence-electron chi connectivity index (χ0n) is 21.6. The van der Waals surface area contributed by atoms with E-state index in [4.69, 9.17) is 20.0 Å². The number of nitrogens with two attached hydrogens (primary N) is 1. The van der Waals surface area contributed by atoms with Crippen molar-refractivity contribution in [3.8, 4) is 34.0 Å². The standard InChI is InChI=1S/C28H31N7O3/c1-28(2,27(36)31-10-11-35-12-14-37-15-13-35)24-16-20(8-9-30-24)22-18-32-26(29)25(33-22)23-17-21(34-38-23)19-6-4-3-5-7-19/h3-9,16-18H,10-15H2,1-2H3,(H2,29,32)(H,31,36). The predicted octanol–water partition coefficient (Wildman–Crippen LogP) is 3.17. The van der Waals surface area contributed by atoms with E-state index in [0.717, 1.165) is 44.0 Å². The van der Waals surface area contributed by atoms with Crippen LogP contribution in [0.15, 0.2) is 65.4 Å². The molecule has 1 aliphatic rings. The van der Waals surface area contributed by atoms with Gasteiger partial charge in [0.25, 0.3) is 0 Å². The molecule has 0 saturated carbocycles. The Balaban J connectivity index is 1.33. The number of amides is 1. The maximum Gasteiger partial charge on any atom is 0.231 e. The number of hydrogen-bond donors (Lipinski definition) is 2. The molecule has 1 aromatic carbocycles. The van der Waals surface area contributed by atoms with Gasteiger partial charge in [0.1, 0.15) is 5.69 Å². The largest absolute Gasteiger partial charge is 0.382 e. The maximum absolute atomic E-state index is 13.1. The molecule has 1 amide bonds. The molecule has 38 heavy (non-hydrogen) atoms. The van der Waals surface area contributed by atoms with Crippen LogP contribution < -0.4 is 11.1 Å². The van der Waals surface area contributed by atoms with Gasteiger partial charge < -0.3 is 20.3 Å². The Morgan fingerprint density at radius 3 is 2.63 bits per heavy atom. The molecule has 0 bridgehead atoms. The Bertz CT molecular complexity index is 1400. The minimum absolute atomic E-state index is 0.0883. The molecule has 10 nitrogen and oxygen atoms in total. The van der Waals surface area contributed by atoms with Gasteiger partial charge in [0.05, 0.1) is 36.2 Å². The fourth-order valence-corrected chi connectivity index (χ4v) is 4.27. The van der Waals surface area contributed by atoms with Crippen LogP contribution in [0, 0.1) is 0 Å². The van der Waals surface area contributed by atoms with Crippen molar-refractivity contribution in [2.24, 2.45) is 0 Å². The molecule has 4 heterocycles. The number of morpholine rings is 1. The van der Waals surface area contributed by atoms with Crippen molar-refractivity contribution in [1.82, 2.24) is 30.3 Å². The first-order valence-electron chi connectivity index (χ1n) is 12.6. The Kier molecular flexibility index (Phi) is 7.43. The van der Waals surface area contributed by atoms with E-state index in [-0.39, 0.29) is 11.7 Å². The van der Waals surface area contributed by atoms with E-state index in [1.54, 1.807) is 18.5 Å². The van der Waals surface area contributed by atoms with Crippen molar-refractivity contribution >= 4 is 11.7 Å². The third-order valence-electron chi connectivity index (χ3n) is 6.69. The van der Waals surface area contributed by atoms with Crippen molar-refractivity contribution in [1.29, 1.82) is 0 Å². The van der Waals surface area contributed by atoms with Crippen LogP contribution in [0.3, 0.4) is 0 Å². The van der Waals surface area contributed by atoms with E-state index in [9.17, 15) is 4.79 Å². The number of carbonyl (C=O) groups excluding carboxylic acids is 1. The van der Waals surface area contributed by atoms with Crippen LogP contribution in [-0.2, 0) is 14.9 Å². The topological polar surface area (TPSA) is 132 Å². The summed E-state index contributed by atoms with van der Waals surface area (Å²) in [6, 6.07) is 15.2. The summed E-state index contributed by atoms with van der Waals surface area (Å²) in [5.74, 6) is 0.568. The van der Waals surface area contributed by atoms with Gasteiger partial charge in [0.2, 0.25) is 5.91 Å². The third-order valence-corrected chi connectivity index (χ3v) is 6.69. The Labute approximate surface area is 221 Å². The molecule has 5 rings (SSSR count). The van der Waals surface area contributed by atoms with Crippen LogP contribution in [0.4, 0.5) is 5.82 Å². The number of anilines is 1. The summed E-state index contributed by atoms with van der Waals surface area (Å²) < 4.78 is 10.9. The predicted molar refractivity (Wildman–Crippen MR) is 144 cm³/mol. The monoisotopic (exact) mass is 513 g/mol. The van der Waals surface area contributed by atoms with Gasteiger partial charge in [-0.1, -0.05) is 35.5 Å². The Morgan fingerprint density at radius 1 is 1.05 bits per heavy atom. The van der Waals surface area contributed by atoms with Crippen molar-refractivity contribution in [2.75, 3.05) is 45.1 Å². The molecule has 1 aliphatic heterocycles. The van der Waals surface area contributed by atoms with Gasteiger partial charge in [-0.2, -0.15) is 0 Å². The van der Waals surface area contributed by atoms with E-state index in [1.165, 1.54) is 0 Å². The SMILES string of the molecule is CC(C)(C(=O)NCCN1CCOCC1)c1cc(-c2cnc(N)c(-c3cc(-c4ccccc4)no3)n2)ccn1. The summed E-state index contributed by atoms with van der Waals surface area (Å²) in [6.07, 6.45) is 3.27. The lowest BCUT2D eigenvalue weighted by Gasteiger charge is -2.28. The molecule has 3 aromatic heterocycles. The van der Waals surface area contributed by atoms with Crippen LogP contribution in [-0.4, -0.2) is 70.3 Å². The number of nitrogens with one attached hydrogen (secondary N) is 1. The fourth-order valence-electron chi connectivity index (χ4n) is 4.27. The maximum atomic E-state index is 13.1. The van der Waals surface area contributed by atoms with Crippen molar-refractivity contribution in [3.05, 3.63) is 66.6 Å². The quantitative estimate of drug-likeness (QED) is 0.364. The van der Waals surface area contributed by atoms with Gasteiger partial charge in [-0.15, -0.1) is 0 Å². The van der Waals surface area contributed by atoms with E-state index >= 15 is 0 Å². The summed E-state index contributed by atoms with van der Waals surface area (Å²) in [5, 5.41) is 7.22. The zero-order valence-corrected chi connectivity index (χ0v) is 21.6. The second-order valence-electron chi connectivity index (χ2n) is 9.70. The molecule has 1 fully saturated rings. The normalized spacial score (nSPS) is 14.4. The van der Waals surface area contributed by atoms with Crippen LogP contribution in [0.1, 0.15) is 19.5 Å². The molecule has 0 radical (unpaired) electrons. The molecule has 0 aliphatic carbocycles. The number of nitrogen functional groups attached to an aromatic ring is 1. The lowest BCUT2D eigenvalue weighted by molar-refractivity contribution is -0.125. The number of aromatic nitrogens is 4. The molecule has 1 saturated heterocycles. The molecule has 3 N–H and O–H groups in total. The summed E-state index contributed by atoms with van der Waals surface area (Å²) in [7, 11) is 0. The lowest BCUT2D eigenvalue weighted by Crippen LogP contribution is -2.45. The highest BCUT2D eigenvalue weighted by Gasteiger charge is 2.31. The number of pyridine rings is 1. The van der Waals surface area contributed by atoms with E-state index < -0.39 is 5.41 Å². The second-order valence-corrected chi connectivity index (χ2v) is 9.70. The van der Waals surface area contributed by atoms with Gasteiger partial charge in [-0.05, 0) is 26.0 Å². The van der Waals surface area contributed by atoms with Gasteiger partial charge in [-0.25, -0.2) is 9.97 Å². The molecule has 0 unspecified atom stereocenters. The number of ether oxygens (including phenoxy) is 1. The van der Waals surface area contributed by atoms with Crippen molar-refractivity contribution < 1.29 is 14.1 Å². The zero-order chi connectivity index (χ0) is 26.5. The van der Waals surface area contributed by atoms with Crippen molar-refractivity contribution in [2.45, 2.75) is 19.3 Å². The minimum Gasteiger partial charge on any atom is -0.382 e. The van der Waals surface area contributed by atoms with Crippen LogP contribution in [0.25, 0.3) is 34.0 Å². The van der Waals surface area contributed by atoms with Gasteiger partial charge >= 0.3 is 0 Å². The number of carbonyl (C=O) groups is 1. The molecule has 10 heteroatoms. The number of rotatable bonds is 8.